The third kappa shape index (κ3) is 5.68. The second-order valence-electron chi connectivity index (χ2n) is 8.16. The Morgan fingerprint density at radius 2 is 1.88 bits per heavy atom. The first-order chi connectivity index (χ1) is 16.1. The maximum absolute atomic E-state index is 9.54. The van der Waals surface area contributed by atoms with Crippen molar-refractivity contribution < 1.29 is 0 Å². The summed E-state index contributed by atoms with van der Waals surface area (Å²) in [5.41, 5.74) is 3.89. The van der Waals surface area contributed by atoms with Crippen molar-refractivity contribution in [2.45, 2.75) is 6.54 Å². The van der Waals surface area contributed by atoms with Crippen LogP contribution < -0.4 is 10.2 Å². The van der Waals surface area contributed by atoms with Gasteiger partial charge in [0, 0.05) is 75.0 Å². The molecule has 0 unspecified atom stereocenters. The number of nitrogens with zero attached hydrogens (tertiary/aromatic N) is 7. The summed E-state index contributed by atoms with van der Waals surface area (Å²) in [6, 6.07) is 12.3. The van der Waals surface area contributed by atoms with Crippen LogP contribution in [0.1, 0.15) is 11.3 Å². The summed E-state index contributed by atoms with van der Waals surface area (Å²) in [5, 5.41) is 17.4. The van der Waals surface area contributed by atoms with Crippen molar-refractivity contribution in [3.63, 3.8) is 0 Å². The summed E-state index contributed by atoms with van der Waals surface area (Å²) in [4.78, 5) is 11.6. The van der Waals surface area contributed by atoms with E-state index in [2.05, 4.69) is 44.3 Å². The fourth-order valence-electron chi connectivity index (χ4n) is 4.00. The maximum Gasteiger partial charge on any atom is 0.175 e. The highest BCUT2D eigenvalue weighted by Gasteiger charge is 2.17. The number of benzene rings is 1. The van der Waals surface area contributed by atoms with Gasteiger partial charge in [-0.2, -0.15) is 14.9 Å². The van der Waals surface area contributed by atoms with Crippen molar-refractivity contribution >= 4 is 46.0 Å². The van der Waals surface area contributed by atoms with Gasteiger partial charge in [0.15, 0.2) is 5.65 Å². The molecule has 8 nitrogen and oxygen atoms in total. The smallest absolute Gasteiger partial charge is 0.175 e. The van der Waals surface area contributed by atoms with Gasteiger partial charge in [0.25, 0.3) is 0 Å². The number of likely N-dealkylation sites (N-methyl/N-ethyl adjacent to an activating group) is 1. The quantitative estimate of drug-likeness (QED) is 0.464. The molecule has 33 heavy (non-hydrogen) atoms. The molecule has 0 radical (unpaired) electrons. The molecular weight excluding hydrogens is 459 g/mol. The molecule has 0 atom stereocenters. The van der Waals surface area contributed by atoms with Gasteiger partial charge in [-0.3, -0.25) is 4.90 Å². The van der Waals surface area contributed by atoms with Crippen LogP contribution in [0.3, 0.4) is 0 Å². The molecule has 174 valence electrons. The molecule has 2 aromatic heterocycles. The zero-order chi connectivity index (χ0) is 23.2. The summed E-state index contributed by atoms with van der Waals surface area (Å²) >= 11 is 12.0. The largest absolute Gasteiger partial charge is 0.369 e. The predicted molar refractivity (Wildman–Crippen MR) is 134 cm³/mol. The number of halogens is 2. The fourth-order valence-corrected chi connectivity index (χ4v) is 4.41. The highest BCUT2D eigenvalue weighted by molar-refractivity contribution is 6.18. The van der Waals surface area contributed by atoms with E-state index >= 15 is 0 Å². The first-order valence-electron chi connectivity index (χ1n) is 11.0. The van der Waals surface area contributed by atoms with Gasteiger partial charge in [-0.1, -0.05) is 6.07 Å². The van der Waals surface area contributed by atoms with E-state index in [1.807, 2.05) is 24.3 Å². The third-order valence-electron chi connectivity index (χ3n) is 5.82. The van der Waals surface area contributed by atoms with Crippen LogP contribution in [0.4, 0.5) is 17.2 Å². The molecule has 0 bridgehead atoms. The average Bonchev–Trinajstić information content (AvgIpc) is 3.24. The molecule has 1 aromatic carbocycles. The molecule has 1 aliphatic heterocycles. The van der Waals surface area contributed by atoms with Gasteiger partial charge in [-0.05, 0) is 25.2 Å². The number of hydrogen-bond acceptors (Lipinski definition) is 7. The Bertz CT molecular complexity index is 1110. The number of nitriles is 1. The number of fused-ring (bicyclic) bond motifs is 1. The molecule has 1 N–H and O–H groups in total. The molecule has 4 rings (SSSR count). The molecule has 1 aliphatic rings. The molecule has 0 amide bonds. The number of nitrogens with one attached hydrogen (secondary N) is 1. The van der Waals surface area contributed by atoms with Crippen molar-refractivity contribution in [3.05, 3.63) is 47.8 Å². The van der Waals surface area contributed by atoms with Crippen LogP contribution in [0.15, 0.2) is 36.5 Å². The van der Waals surface area contributed by atoms with Crippen molar-refractivity contribution in [3.8, 4) is 6.07 Å². The van der Waals surface area contributed by atoms with E-state index in [-0.39, 0.29) is 0 Å². The number of alkyl halides is 2. The van der Waals surface area contributed by atoms with E-state index in [0.717, 1.165) is 68.7 Å². The monoisotopic (exact) mass is 486 g/mol. The molecular formula is C23H28Cl2N8. The van der Waals surface area contributed by atoms with E-state index in [0.29, 0.717) is 23.0 Å². The fraction of sp³-hybridized carbons (Fsp3) is 0.435. The minimum Gasteiger partial charge on any atom is -0.369 e. The molecule has 10 heteroatoms. The van der Waals surface area contributed by atoms with Crippen molar-refractivity contribution in [2.75, 3.05) is 68.3 Å². The summed E-state index contributed by atoms with van der Waals surface area (Å²) < 4.78 is 1.69. The van der Waals surface area contributed by atoms with Crippen LogP contribution in [0.25, 0.3) is 5.65 Å². The lowest BCUT2D eigenvalue weighted by atomic mass is 10.2. The number of hydrogen-bond donors (Lipinski definition) is 1. The average molecular weight is 487 g/mol. The van der Waals surface area contributed by atoms with Crippen molar-refractivity contribution in [2.24, 2.45) is 0 Å². The van der Waals surface area contributed by atoms with Gasteiger partial charge in [-0.25, -0.2) is 4.98 Å². The van der Waals surface area contributed by atoms with Crippen LogP contribution >= 0.6 is 23.2 Å². The first kappa shape index (κ1) is 23.6. The Balaban J connectivity index is 1.63. The van der Waals surface area contributed by atoms with Crippen LogP contribution in [-0.4, -0.2) is 82.5 Å². The Kier molecular flexibility index (Phi) is 7.89. The normalized spacial score (nSPS) is 15.0. The lowest BCUT2D eigenvalue weighted by Crippen LogP contribution is -2.44. The van der Waals surface area contributed by atoms with E-state index in [4.69, 9.17) is 28.2 Å². The summed E-state index contributed by atoms with van der Waals surface area (Å²) in [6.07, 6.45) is 1.56. The SMILES string of the molecule is CN1CCN(Cc2cc(Nc3cccc(N(CCCl)CCCl)c3)n3ncc(C#N)c3n2)CC1. The van der Waals surface area contributed by atoms with E-state index < -0.39 is 0 Å². The van der Waals surface area contributed by atoms with Crippen LogP contribution in [0.5, 0.6) is 0 Å². The predicted octanol–water partition coefficient (Wildman–Crippen LogP) is 3.38. The van der Waals surface area contributed by atoms with Gasteiger partial charge in [0.1, 0.15) is 17.5 Å². The van der Waals surface area contributed by atoms with Crippen molar-refractivity contribution in [1.29, 1.82) is 5.26 Å². The maximum atomic E-state index is 9.54. The molecule has 3 heterocycles. The lowest BCUT2D eigenvalue weighted by molar-refractivity contribution is 0.147. The lowest BCUT2D eigenvalue weighted by Gasteiger charge is -2.32. The zero-order valence-electron chi connectivity index (χ0n) is 18.7. The molecule has 0 saturated carbocycles. The second kappa shape index (κ2) is 11.0. The second-order valence-corrected chi connectivity index (χ2v) is 8.91. The summed E-state index contributed by atoms with van der Waals surface area (Å²) in [5.74, 6) is 1.82. The molecule has 1 fully saturated rings. The molecule has 0 spiro atoms. The third-order valence-corrected chi connectivity index (χ3v) is 6.16. The summed E-state index contributed by atoms with van der Waals surface area (Å²) in [7, 11) is 2.14. The topological polar surface area (TPSA) is 75.7 Å². The minimum absolute atomic E-state index is 0.461. The zero-order valence-corrected chi connectivity index (χ0v) is 20.2. The first-order valence-corrected chi connectivity index (χ1v) is 12.1. The minimum atomic E-state index is 0.461. The van der Waals surface area contributed by atoms with Crippen LogP contribution in [-0.2, 0) is 6.54 Å². The number of aromatic nitrogens is 3. The molecule has 1 saturated heterocycles. The van der Waals surface area contributed by atoms with Gasteiger partial charge in [0.05, 0.1) is 11.9 Å². The Morgan fingerprint density at radius 1 is 1.12 bits per heavy atom. The van der Waals surface area contributed by atoms with Gasteiger partial charge in [-0.15, -0.1) is 23.2 Å². The van der Waals surface area contributed by atoms with E-state index in [9.17, 15) is 5.26 Å². The highest BCUT2D eigenvalue weighted by atomic mass is 35.5. The molecule has 0 aliphatic carbocycles. The number of piperazine rings is 1. The Hall–Kier alpha value is -2.57. The highest BCUT2D eigenvalue weighted by Crippen LogP contribution is 2.25. The van der Waals surface area contributed by atoms with Crippen molar-refractivity contribution in [1.82, 2.24) is 24.4 Å². The number of rotatable bonds is 9. The van der Waals surface area contributed by atoms with Gasteiger partial charge < -0.3 is 15.1 Å². The summed E-state index contributed by atoms with van der Waals surface area (Å²) in [6.45, 7) is 6.24. The molecule has 3 aromatic rings. The Morgan fingerprint density at radius 3 is 2.58 bits per heavy atom. The van der Waals surface area contributed by atoms with Gasteiger partial charge >= 0.3 is 0 Å². The van der Waals surface area contributed by atoms with Gasteiger partial charge in [0.2, 0.25) is 0 Å². The Labute approximate surface area is 204 Å². The standard InChI is InChI=1S/C23H28Cl2N8/c1-30-9-11-31(12-10-30)17-20-14-22(33-23(29-20)18(15-26)16-27-33)28-19-3-2-4-21(13-19)32(7-5-24)8-6-25/h2-4,13-14,16,28H,5-12,17H2,1H3. The van der Waals surface area contributed by atoms with Crippen LogP contribution in [0, 0.1) is 11.3 Å². The van der Waals surface area contributed by atoms with Crippen LogP contribution in [0.2, 0.25) is 0 Å². The van der Waals surface area contributed by atoms with E-state index in [1.165, 1.54) is 0 Å². The van der Waals surface area contributed by atoms with E-state index in [1.54, 1.807) is 10.7 Å². The number of anilines is 3.